The molecule has 0 spiro atoms. The Bertz CT molecular complexity index is 1200. The summed E-state index contributed by atoms with van der Waals surface area (Å²) >= 11 is 12.3. The third-order valence-corrected chi connectivity index (χ3v) is 5.19. The fourth-order valence-electron chi connectivity index (χ4n) is 2.90. The van der Waals surface area contributed by atoms with Gasteiger partial charge in [-0.25, -0.2) is 0 Å². The monoisotopic (exact) mass is 450 g/mol. The topological polar surface area (TPSA) is 62.1 Å². The van der Waals surface area contributed by atoms with Crippen molar-refractivity contribution in [3.05, 3.63) is 98.5 Å². The molecule has 0 atom stereocenters. The van der Waals surface area contributed by atoms with Gasteiger partial charge in [0.2, 0.25) is 0 Å². The number of rotatable bonds is 6. The minimum Gasteiger partial charge on any atom is -0.488 e. The van der Waals surface area contributed by atoms with Crippen LogP contribution in [-0.2, 0) is 11.4 Å². The van der Waals surface area contributed by atoms with E-state index >= 15 is 0 Å². The highest BCUT2D eigenvalue weighted by atomic mass is 35.5. The second-order valence-corrected chi connectivity index (χ2v) is 7.89. The summed E-state index contributed by atoms with van der Waals surface area (Å²) in [7, 11) is 0. The van der Waals surface area contributed by atoms with Gasteiger partial charge in [0.25, 0.3) is 5.91 Å². The molecule has 31 heavy (non-hydrogen) atoms. The molecule has 3 rings (SSSR count). The highest BCUT2D eigenvalue weighted by molar-refractivity contribution is 6.31. The first-order valence-corrected chi connectivity index (χ1v) is 10.3. The number of carbonyl (C=O) groups is 1. The summed E-state index contributed by atoms with van der Waals surface area (Å²) in [4.78, 5) is 12.6. The summed E-state index contributed by atoms with van der Waals surface area (Å²) in [6.07, 6.45) is 1.46. The molecule has 0 unspecified atom stereocenters. The molecule has 4 nitrogen and oxygen atoms in total. The van der Waals surface area contributed by atoms with E-state index in [1.54, 1.807) is 36.4 Å². The zero-order valence-electron chi connectivity index (χ0n) is 17.1. The van der Waals surface area contributed by atoms with E-state index in [9.17, 15) is 10.1 Å². The molecular weight excluding hydrogens is 431 g/mol. The normalized spacial score (nSPS) is 11.0. The number of ether oxygens (including phenoxy) is 1. The van der Waals surface area contributed by atoms with Crippen molar-refractivity contribution >= 4 is 40.9 Å². The van der Waals surface area contributed by atoms with Crippen LogP contribution in [-0.4, -0.2) is 5.91 Å². The Kier molecular flexibility index (Phi) is 7.36. The van der Waals surface area contributed by atoms with Crippen LogP contribution in [0, 0.1) is 25.2 Å². The summed E-state index contributed by atoms with van der Waals surface area (Å²) in [6, 6.07) is 20.2. The first kappa shape index (κ1) is 22.4. The van der Waals surface area contributed by atoms with Crippen LogP contribution in [0.15, 0.2) is 66.2 Å². The number of halogens is 2. The minimum atomic E-state index is -0.549. The van der Waals surface area contributed by atoms with Crippen LogP contribution in [0.5, 0.6) is 5.75 Å². The Labute approximate surface area is 191 Å². The second-order valence-electron chi connectivity index (χ2n) is 7.05. The molecule has 0 fully saturated rings. The zero-order chi connectivity index (χ0) is 22.4. The highest BCUT2D eigenvalue weighted by Gasteiger charge is 2.13. The van der Waals surface area contributed by atoms with Crippen molar-refractivity contribution in [2.45, 2.75) is 20.5 Å². The van der Waals surface area contributed by atoms with E-state index in [0.29, 0.717) is 33.7 Å². The zero-order valence-corrected chi connectivity index (χ0v) is 18.6. The van der Waals surface area contributed by atoms with E-state index in [-0.39, 0.29) is 5.57 Å². The molecule has 6 heteroatoms. The Morgan fingerprint density at radius 2 is 1.90 bits per heavy atom. The van der Waals surface area contributed by atoms with Gasteiger partial charge in [-0.2, -0.15) is 5.26 Å². The molecule has 0 bridgehead atoms. The van der Waals surface area contributed by atoms with Crippen LogP contribution in [0.4, 0.5) is 5.69 Å². The number of nitrogens with one attached hydrogen (secondary N) is 1. The van der Waals surface area contributed by atoms with Gasteiger partial charge in [-0.3, -0.25) is 4.79 Å². The Morgan fingerprint density at radius 3 is 2.61 bits per heavy atom. The first-order valence-electron chi connectivity index (χ1n) is 9.53. The molecule has 0 saturated carbocycles. The van der Waals surface area contributed by atoms with Crippen LogP contribution in [0.3, 0.4) is 0 Å². The lowest BCUT2D eigenvalue weighted by molar-refractivity contribution is -0.112. The lowest BCUT2D eigenvalue weighted by atomic mass is 10.1. The molecular formula is C25H20Cl2N2O2. The molecule has 0 heterocycles. The number of aryl methyl sites for hydroxylation is 2. The van der Waals surface area contributed by atoms with Gasteiger partial charge >= 0.3 is 0 Å². The van der Waals surface area contributed by atoms with E-state index in [2.05, 4.69) is 5.32 Å². The van der Waals surface area contributed by atoms with Gasteiger partial charge in [0.1, 0.15) is 24.0 Å². The summed E-state index contributed by atoms with van der Waals surface area (Å²) in [5, 5.41) is 13.2. The van der Waals surface area contributed by atoms with Crippen LogP contribution < -0.4 is 10.1 Å². The molecule has 3 aromatic rings. The second kappa shape index (κ2) is 10.2. The number of carbonyl (C=O) groups excluding carboxylic acids is 1. The fourth-order valence-corrected chi connectivity index (χ4v) is 3.26. The molecule has 0 aliphatic heterocycles. The van der Waals surface area contributed by atoms with Gasteiger partial charge in [0.15, 0.2) is 0 Å². The van der Waals surface area contributed by atoms with E-state index in [0.717, 1.165) is 16.7 Å². The van der Waals surface area contributed by atoms with E-state index in [4.69, 9.17) is 27.9 Å². The number of hydrogen-bond donors (Lipinski definition) is 1. The standard InChI is InChI=1S/C25H20Cl2N2O2/c1-16-4-3-5-18(10-16)15-31-24-9-7-21(26)12-19(24)11-20(14-28)25(30)29-22-8-6-17(2)23(27)13-22/h3-13H,15H2,1-2H3,(H,29,30)/b20-11+. The molecule has 1 N–H and O–H groups in total. The van der Waals surface area contributed by atoms with Crippen molar-refractivity contribution in [2.24, 2.45) is 0 Å². The SMILES string of the molecule is Cc1cccc(COc2ccc(Cl)cc2/C=C(\C#N)C(=O)Nc2ccc(C)c(Cl)c2)c1. The predicted octanol–water partition coefficient (Wildman–Crippen LogP) is 6.73. The fraction of sp³-hybridized carbons (Fsp3) is 0.120. The molecule has 0 aromatic heterocycles. The molecule has 1 amide bonds. The Balaban J connectivity index is 1.83. The maximum Gasteiger partial charge on any atom is 0.266 e. The summed E-state index contributed by atoms with van der Waals surface area (Å²) < 4.78 is 5.94. The highest BCUT2D eigenvalue weighted by Crippen LogP contribution is 2.27. The van der Waals surface area contributed by atoms with Crippen molar-refractivity contribution in [3.63, 3.8) is 0 Å². The maximum atomic E-state index is 12.6. The van der Waals surface area contributed by atoms with Gasteiger partial charge in [-0.15, -0.1) is 0 Å². The molecule has 0 aliphatic carbocycles. The Morgan fingerprint density at radius 1 is 1.10 bits per heavy atom. The summed E-state index contributed by atoms with van der Waals surface area (Å²) in [6.45, 7) is 4.23. The molecule has 3 aromatic carbocycles. The van der Waals surface area contributed by atoms with Crippen LogP contribution in [0.2, 0.25) is 10.0 Å². The summed E-state index contributed by atoms with van der Waals surface area (Å²) in [5.74, 6) is -0.0307. The van der Waals surface area contributed by atoms with Crippen LogP contribution in [0.1, 0.15) is 22.3 Å². The molecule has 0 radical (unpaired) electrons. The number of hydrogen-bond acceptors (Lipinski definition) is 3. The third-order valence-electron chi connectivity index (χ3n) is 4.54. The minimum absolute atomic E-state index is 0.0839. The lowest BCUT2D eigenvalue weighted by Gasteiger charge is -2.11. The van der Waals surface area contributed by atoms with Crippen molar-refractivity contribution in [2.75, 3.05) is 5.32 Å². The summed E-state index contributed by atoms with van der Waals surface area (Å²) in [5.41, 5.74) is 4.00. The molecule has 0 saturated heterocycles. The van der Waals surface area contributed by atoms with Crippen LogP contribution >= 0.6 is 23.2 Å². The quantitative estimate of drug-likeness (QED) is 0.334. The van der Waals surface area contributed by atoms with Gasteiger partial charge in [0, 0.05) is 21.3 Å². The van der Waals surface area contributed by atoms with E-state index in [1.165, 1.54) is 6.08 Å². The van der Waals surface area contributed by atoms with Gasteiger partial charge in [-0.05, 0) is 61.4 Å². The molecule has 156 valence electrons. The van der Waals surface area contributed by atoms with Crippen molar-refractivity contribution in [1.82, 2.24) is 0 Å². The average Bonchev–Trinajstić information content (AvgIpc) is 2.74. The number of amides is 1. The van der Waals surface area contributed by atoms with Crippen molar-refractivity contribution in [1.29, 1.82) is 5.26 Å². The van der Waals surface area contributed by atoms with E-state index < -0.39 is 5.91 Å². The van der Waals surface area contributed by atoms with Gasteiger partial charge in [0.05, 0.1) is 0 Å². The molecule has 0 aliphatic rings. The smallest absolute Gasteiger partial charge is 0.266 e. The number of anilines is 1. The van der Waals surface area contributed by atoms with Gasteiger partial charge in [-0.1, -0.05) is 59.1 Å². The van der Waals surface area contributed by atoms with E-state index in [1.807, 2.05) is 44.2 Å². The predicted molar refractivity (Wildman–Crippen MR) is 125 cm³/mol. The lowest BCUT2D eigenvalue weighted by Crippen LogP contribution is -2.13. The van der Waals surface area contributed by atoms with Crippen molar-refractivity contribution < 1.29 is 9.53 Å². The average molecular weight is 451 g/mol. The van der Waals surface area contributed by atoms with Crippen LogP contribution in [0.25, 0.3) is 6.08 Å². The van der Waals surface area contributed by atoms with Gasteiger partial charge < -0.3 is 10.1 Å². The largest absolute Gasteiger partial charge is 0.488 e. The third kappa shape index (κ3) is 6.11. The number of benzene rings is 3. The maximum absolute atomic E-state index is 12.6. The first-order chi connectivity index (χ1) is 14.9. The number of nitrogens with zero attached hydrogens (tertiary/aromatic N) is 1. The van der Waals surface area contributed by atoms with Crippen molar-refractivity contribution in [3.8, 4) is 11.8 Å². The number of nitriles is 1. The Hall–Kier alpha value is -3.26.